The Morgan fingerprint density at radius 2 is 1.87 bits per heavy atom. The van der Waals surface area contributed by atoms with E-state index in [0.717, 1.165) is 0 Å². The second-order valence-corrected chi connectivity index (χ2v) is 3.43. The lowest BCUT2D eigenvalue weighted by Gasteiger charge is -2.09. The van der Waals surface area contributed by atoms with Crippen molar-refractivity contribution < 1.29 is 11.0 Å². The molecular weight excluding hydrogens is 190 g/mol. The maximum Gasteiger partial charge on any atom is 0.222 e. The van der Waals surface area contributed by atoms with Crippen molar-refractivity contribution in [3.05, 3.63) is 35.9 Å². The summed E-state index contributed by atoms with van der Waals surface area (Å²) in [6, 6.07) is 8.73. The van der Waals surface area contributed by atoms with Gasteiger partial charge >= 0.3 is 0 Å². The molecular formula is C12H15NO2. The van der Waals surface area contributed by atoms with Crippen LogP contribution in [0.25, 0.3) is 0 Å². The van der Waals surface area contributed by atoms with Crippen LogP contribution in [0.1, 0.15) is 24.5 Å². The van der Waals surface area contributed by atoms with Crippen molar-refractivity contribution in [2.45, 2.75) is 12.8 Å². The molecule has 0 spiro atoms. The fourth-order valence-corrected chi connectivity index (χ4v) is 1.10. The lowest BCUT2D eigenvalue weighted by molar-refractivity contribution is -0.128. The average molecular weight is 206 g/mol. The smallest absolute Gasteiger partial charge is 0.222 e. The van der Waals surface area contributed by atoms with Crippen LogP contribution in [0.15, 0.2) is 30.3 Å². The molecule has 3 nitrogen and oxygen atoms in total. The zero-order chi connectivity index (χ0) is 12.1. The van der Waals surface area contributed by atoms with Crippen LogP contribution in [0.5, 0.6) is 0 Å². The van der Waals surface area contributed by atoms with Crippen molar-refractivity contribution in [3.8, 4) is 0 Å². The molecule has 3 heteroatoms. The molecule has 0 aliphatic rings. The number of rotatable bonds is 4. The maximum absolute atomic E-state index is 11.7. The molecule has 0 radical (unpaired) electrons. The number of benzene rings is 1. The summed E-state index contributed by atoms with van der Waals surface area (Å²) in [5, 5.41) is 0. The predicted octanol–water partition coefficient (Wildman–Crippen LogP) is 1.74. The van der Waals surface area contributed by atoms with Crippen LogP contribution in [0.2, 0.25) is 0 Å². The summed E-state index contributed by atoms with van der Waals surface area (Å²) in [5.41, 5.74) is 0.548. The van der Waals surface area contributed by atoms with Gasteiger partial charge in [0.15, 0.2) is 5.78 Å². The Labute approximate surface area is 91.1 Å². The molecule has 1 atom stereocenters. The summed E-state index contributed by atoms with van der Waals surface area (Å²) in [6.07, 6.45) is -1.08. The predicted molar refractivity (Wildman–Crippen MR) is 58.7 cm³/mol. The zero-order valence-electron chi connectivity index (χ0n) is 9.93. The van der Waals surface area contributed by atoms with E-state index in [9.17, 15) is 9.59 Å². The van der Waals surface area contributed by atoms with Crippen molar-refractivity contribution in [3.63, 3.8) is 0 Å². The van der Waals surface area contributed by atoms with Crippen LogP contribution in [0.3, 0.4) is 0 Å². The van der Waals surface area contributed by atoms with Gasteiger partial charge in [-0.05, 0) is 0 Å². The van der Waals surface area contributed by atoms with Gasteiger partial charge in [-0.1, -0.05) is 30.3 Å². The van der Waals surface area contributed by atoms with Crippen LogP contribution in [-0.2, 0) is 4.79 Å². The standard InChI is InChI=1S/C12H15NO2/c1-13(2)12(15)9-8-11(14)10-6-4-3-5-7-10/h3-7H,8-9H2,1-2H3/i9D. The number of carbonyl (C=O) groups excluding carboxylic acids is 2. The molecule has 0 aromatic heterocycles. The molecule has 15 heavy (non-hydrogen) atoms. The molecule has 0 fully saturated rings. The van der Waals surface area contributed by atoms with Crippen LogP contribution in [-0.4, -0.2) is 30.7 Å². The fraction of sp³-hybridized carbons (Fsp3) is 0.333. The number of nitrogens with zero attached hydrogens (tertiary/aromatic N) is 1. The van der Waals surface area contributed by atoms with Crippen LogP contribution in [0, 0.1) is 0 Å². The molecule has 0 aliphatic heterocycles. The highest BCUT2D eigenvalue weighted by molar-refractivity contribution is 5.97. The Morgan fingerprint density at radius 1 is 1.27 bits per heavy atom. The zero-order valence-corrected chi connectivity index (χ0v) is 8.93. The van der Waals surface area contributed by atoms with E-state index in [-0.39, 0.29) is 18.1 Å². The summed E-state index contributed by atoms with van der Waals surface area (Å²) in [7, 11) is 3.16. The largest absolute Gasteiger partial charge is 0.349 e. The van der Waals surface area contributed by atoms with Gasteiger partial charge in [-0.15, -0.1) is 0 Å². The van der Waals surface area contributed by atoms with E-state index >= 15 is 0 Å². The van der Waals surface area contributed by atoms with Gasteiger partial charge < -0.3 is 4.90 Å². The highest BCUT2D eigenvalue weighted by Crippen LogP contribution is 2.05. The third-order valence-corrected chi connectivity index (χ3v) is 2.00. The van der Waals surface area contributed by atoms with Crippen LogP contribution in [0.4, 0.5) is 0 Å². The molecule has 0 saturated carbocycles. The van der Waals surface area contributed by atoms with Gasteiger partial charge in [0.25, 0.3) is 0 Å². The summed E-state index contributed by atoms with van der Waals surface area (Å²) in [4.78, 5) is 24.4. The lowest BCUT2D eigenvalue weighted by Crippen LogP contribution is -2.22. The van der Waals surface area contributed by atoms with E-state index in [1.807, 2.05) is 6.07 Å². The third kappa shape index (κ3) is 3.54. The Bertz CT molecular complexity index is 376. The molecule has 1 aromatic rings. The summed E-state index contributed by atoms with van der Waals surface area (Å²) < 4.78 is 7.58. The number of Topliss-reactive ketones (excluding diaryl/α,β-unsaturated/α-hetero) is 1. The Kier molecular flexibility index (Phi) is 3.49. The first-order chi connectivity index (χ1) is 7.52. The average Bonchev–Trinajstić information content (AvgIpc) is 2.28. The van der Waals surface area contributed by atoms with Gasteiger partial charge in [0.2, 0.25) is 5.91 Å². The topological polar surface area (TPSA) is 37.4 Å². The number of hydrogen-bond donors (Lipinski definition) is 0. The molecule has 0 heterocycles. The molecule has 80 valence electrons. The van der Waals surface area contributed by atoms with Crippen molar-refractivity contribution in [2.75, 3.05) is 14.1 Å². The minimum atomic E-state index is -1.01. The van der Waals surface area contributed by atoms with E-state index in [1.165, 1.54) is 4.90 Å². The molecule has 1 amide bonds. The molecule has 1 rings (SSSR count). The summed E-state index contributed by atoms with van der Waals surface area (Å²) >= 11 is 0. The molecule has 0 saturated heterocycles. The normalized spacial score (nSPS) is 12.8. The Balaban J connectivity index is 2.62. The Morgan fingerprint density at radius 3 is 2.40 bits per heavy atom. The molecule has 0 N–H and O–H groups in total. The fourth-order valence-electron chi connectivity index (χ4n) is 1.10. The first kappa shape index (κ1) is 9.90. The van der Waals surface area contributed by atoms with Crippen LogP contribution < -0.4 is 0 Å². The minimum absolute atomic E-state index is 0.0684. The highest BCUT2D eigenvalue weighted by Gasteiger charge is 2.09. The number of amides is 1. The van der Waals surface area contributed by atoms with Gasteiger partial charge in [0.05, 0.1) is 0 Å². The van der Waals surface area contributed by atoms with Crippen molar-refractivity contribution in [1.29, 1.82) is 0 Å². The van der Waals surface area contributed by atoms with Crippen molar-refractivity contribution in [2.24, 2.45) is 0 Å². The molecule has 1 aromatic carbocycles. The molecule has 0 bridgehead atoms. The van der Waals surface area contributed by atoms with E-state index < -0.39 is 6.40 Å². The van der Waals surface area contributed by atoms with E-state index in [2.05, 4.69) is 0 Å². The minimum Gasteiger partial charge on any atom is -0.349 e. The molecule has 1 unspecified atom stereocenters. The second kappa shape index (κ2) is 5.29. The summed E-state index contributed by atoms with van der Waals surface area (Å²) in [6.45, 7) is 0. The van der Waals surface area contributed by atoms with Gasteiger partial charge in [-0.3, -0.25) is 9.59 Å². The van der Waals surface area contributed by atoms with Gasteiger partial charge in [-0.25, -0.2) is 0 Å². The monoisotopic (exact) mass is 206 g/mol. The maximum atomic E-state index is 11.7. The van der Waals surface area contributed by atoms with E-state index in [1.54, 1.807) is 38.4 Å². The first-order valence-electron chi connectivity index (χ1n) is 5.31. The third-order valence-electron chi connectivity index (χ3n) is 2.00. The first-order valence-corrected chi connectivity index (χ1v) is 4.74. The lowest BCUT2D eigenvalue weighted by atomic mass is 10.1. The van der Waals surface area contributed by atoms with E-state index in [0.29, 0.717) is 5.56 Å². The SMILES string of the molecule is [2H]C(CC(=O)c1ccccc1)C(=O)N(C)C. The van der Waals surface area contributed by atoms with E-state index in [4.69, 9.17) is 1.37 Å². The van der Waals surface area contributed by atoms with Crippen LogP contribution >= 0.6 is 0 Å². The number of carbonyl (C=O) groups is 2. The second-order valence-electron chi connectivity index (χ2n) is 3.43. The number of hydrogen-bond acceptors (Lipinski definition) is 2. The highest BCUT2D eigenvalue weighted by atomic mass is 16.2. The number of ketones is 1. The van der Waals surface area contributed by atoms with Gasteiger partial charge in [-0.2, -0.15) is 0 Å². The Hall–Kier alpha value is -1.64. The van der Waals surface area contributed by atoms with Crippen molar-refractivity contribution >= 4 is 11.7 Å². The van der Waals surface area contributed by atoms with Crippen molar-refractivity contribution in [1.82, 2.24) is 4.90 Å². The van der Waals surface area contributed by atoms with Gasteiger partial charge in [0.1, 0.15) is 0 Å². The molecule has 0 aliphatic carbocycles. The van der Waals surface area contributed by atoms with Gasteiger partial charge in [0, 0.05) is 33.8 Å². The quantitative estimate of drug-likeness (QED) is 0.704. The summed E-state index contributed by atoms with van der Waals surface area (Å²) in [5.74, 6) is -0.514.